The van der Waals surface area contributed by atoms with E-state index in [1.54, 1.807) is 12.1 Å². The van der Waals surface area contributed by atoms with E-state index in [0.717, 1.165) is 19.3 Å². The first-order valence-electron chi connectivity index (χ1n) is 6.57. The molecule has 2 unspecified atom stereocenters. The van der Waals surface area contributed by atoms with E-state index in [1.807, 2.05) is 11.9 Å². The molecule has 0 saturated heterocycles. The Labute approximate surface area is 112 Å². The number of rotatable bonds is 4. The highest BCUT2D eigenvalue weighted by Gasteiger charge is 2.30. The second kappa shape index (κ2) is 5.57. The van der Waals surface area contributed by atoms with Crippen LogP contribution in [0, 0.1) is 11.7 Å². The van der Waals surface area contributed by atoms with Gasteiger partial charge >= 0.3 is 0 Å². The summed E-state index contributed by atoms with van der Waals surface area (Å²) in [4.78, 5) is 12.9. The molecule has 0 spiro atoms. The van der Waals surface area contributed by atoms with Crippen molar-refractivity contribution in [3.05, 3.63) is 29.6 Å². The quantitative estimate of drug-likeness (QED) is 0.866. The van der Waals surface area contributed by atoms with Gasteiger partial charge in [0.2, 0.25) is 5.91 Å². The summed E-state index contributed by atoms with van der Waals surface area (Å²) in [5, 5.41) is 0. The number of hydrogen-bond donors (Lipinski definition) is 2. The molecule has 0 bridgehead atoms. The van der Waals surface area contributed by atoms with E-state index >= 15 is 0 Å². The van der Waals surface area contributed by atoms with Crippen molar-refractivity contribution in [3.8, 4) is 0 Å². The topological polar surface area (TPSA) is 72.3 Å². The molecule has 104 valence electrons. The fourth-order valence-corrected chi connectivity index (χ4v) is 2.93. The first-order chi connectivity index (χ1) is 9.04. The molecule has 2 rings (SSSR count). The van der Waals surface area contributed by atoms with E-state index in [0.29, 0.717) is 18.2 Å². The van der Waals surface area contributed by atoms with E-state index in [-0.39, 0.29) is 11.6 Å². The molecule has 1 aromatic rings. The van der Waals surface area contributed by atoms with Gasteiger partial charge in [-0.1, -0.05) is 6.42 Å². The van der Waals surface area contributed by atoms with Crippen molar-refractivity contribution in [2.24, 2.45) is 17.4 Å². The molecule has 2 atom stereocenters. The van der Waals surface area contributed by atoms with Crippen molar-refractivity contribution in [1.29, 1.82) is 0 Å². The molecule has 1 aliphatic carbocycles. The van der Waals surface area contributed by atoms with Crippen molar-refractivity contribution in [2.75, 3.05) is 18.5 Å². The summed E-state index contributed by atoms with van der Waals surface area (Å²) in [6.45, 7) is 0.621. The predicted molar refractivity (Wildman–Crippen MR) is 73.5 cm³/mol. The molecule has 19 heavy (non-hydrogen) atoms. The Morgan fingerprint density at radius 1 is 1.47 bits per heavy atom. The molecule has 0 radical (unpaired) electrons. The number of anilines is 1. The summed E-state index contributed by atoms with van der Waals surface area (Å²) in [6.07, 6.45) is 3.24. The van der Waals surface area contributed by atoms with Crippen molar-refractivity contribution in [1.82, 2.24) is 0 Å². The highest BCUT2D eigenvalue weighted by atomic mass is 19.1. The molecule has 1 saturated carbocycles. The van der Waals surface area contributed by atoms with Crippen molar-refractivity contribution >= 4 is 11.6 Å². The Morgan fingerprint density at radius 3 is 2.79 bits per heavy atom. The average molecular weight is 265 g/mol. The van der Waals surface area contributed by atoms with Gasteiger partial charge in [-0.25, -0.2) is 4.39 Å². The van der Waals surface area contributed by atoms with Crippen LogP contribution in [0.1, 0.15) is 29.6 Å². The van der Waals surface area contributed by atoms with Crippen LogP contribution in [0.15, 0.2) is 18.2 Å². The highest BCUT2D eigenvalue weighted by molar-refractivity contribution is 5.93. The van der Waals surface area contributed by atoms with Gasteiger partial charge in [0.05, 0.1) is 5.69 Å². The molecular weight excluding hydrogens is 245 g/mol. The van der Waals surface area contributed by atoms with Crippen LogP contribution in [0.3, 0.4) is 0 Å². The van der Waals surface area contributed by atoms with Gasteiger partial charge in [-0.15, -0.1) is 0 Å². The zero-order valence-electron chi connectivity index (χ0n) is 11.1. The molecule has 1 aromatic carbocycles. The van der Waals surface area contributed by atoms with E-state index in [4.69, 9.17) is 11.5 Å². The van der Waals surface area contributed by atoms with E-state index in [2.05, 4.69) is 0 Å². The monoisotopic (exact) mass is 265 g/mol. The van der Waals surface area contributed by atoms with Gasteiger partial charge in [0, 0.05) is 18.7 Å². The molecular formula is C14H20FN3O. The molecule has 0 aliphatic heterocycles. The van der Waals surface area contributed by atoms with Gasteiger partial charge in [-0.2, -0.15) is 0 Å². The number of nitrogens with two attached hydrogens (primary N) is 2. The first-order valence-corrected chi connectivity index (χ1v) is 6.57. The normalized spacial score (nSPS) is 22.5. The van der Waals surface area contributed by atoms with Crippen molar-refractivity contribution < 1.29 is 9.18 Å². The third kappa shape index (κ3) is 2.71. The molecule has 5 heteroatoms. The molecule has 0 aromatic heterocycles. The maximum absolute atomic E-state index is 14.1. The van der Waals surface area contributed by atoms with E-state index in [9.17, 15) is 9.18 Å². The van der Waals surface area contributed by atoms with Crippen LogP contribution >= 0.6 is 0 Å². The molecule has 4 nitrogen and oxygen atoms in total. The average Bonchev–Trinajstić information content (AvgIpc) is 2.85. The Balaban J connectivity index is 2.24. The Bertz CT molecular complexity index is 478. The zero-order chi connectivity index (χ0) is 14.0. The van der Waals surface area contributed by atoms with Crippen LogP contribution in [-0.4, -0.2) is 25.5 Å². The largest absolute Gasteiger partial charge is 0.369 e. The van der Waals surface area contributed by atoms with Crippen LogP contribution in [0.25, 0.3) is 0 Å². The Hall–Kier alpha value is -1.62. The predicted octanol–water partition coefficient (Wildman–Crippen LogP) is 1.49. The lowest BCUT2D eigenvalue weighted by Crippen LogP contribution is -2.38. The number of carbonyl (C=O) groups excluding carboxylic acids is 1. The Morgan fingerprint density at radius 2 is 2.21 bits per heavy atom. The van der Waals surface area contributed by atoms with Gasteiger partial charge in [-0.3, -0.25) is 4.79 Å². The minimum atomic E-state index is -0.617. The molecule has 1 amide bonds. The van der Waals surface area contributed by atoms with Crippen molar-refractivity contribution in [2.45, 2.75) is 25.3 Å². The van der Waals surface area contributed by atoms with Crippen LogP contribution < -0.4 is 16.4 Å². The fourth-order valence-electron chi connectivity index (χ4n) is 2.93. The van der Waals surface area contributed by atoms with Crippen LogP contribution in [0.4, 0.5) is 10.1 Å². The van der Waals surface area contributed by atoms with Gasteiger partial charge in [0.1, 0.15) is 5.82 Å². The highest BCUT2D eigenvalue weighted by Crippen LogP contribution is 2.32. The standard InChI is InChI=1S/C14H20FN3O/c1-18(12-4-2-3-10(12)8-16)13-6-5-9(14(17)19)7-11(13)15/h5-7,10,12H,2-4,8,16H2,1H3,(H2,17,19). The summed E-state index contributed by atoms with van der Waals surface area (Å²) in [7, 11) is 1.88. The number of hydrogen-bond acceptors (Lipinski definition) is 3. The number of primary amides is 1. The Kier molecular flexibility index (Phi) is 4.04. The second-order valence-corrected chi connectivity index (χ2v) is 5.14. The summed E-state index contributed by atoms with van der Waals surface area (Å²) in [6, 6.07) is 4.63. The number of benzene rings is 1. The molecule has 4 N–H and O–H groups in total. The number of halogens is 1. The van der Waals surface area contributed by atoms with Crippen molar-refractivity contribution in [3.63, 3.8) is 0 Å². The summed E-state index contributed by atoms with van der Waals surface area (Å²) in [5.41, 5.74) is 11.6. The van der Waals surface area contributed by atoms with Crippen LogP contribution in [0.2, 0.25) is 0 Å². The number of nitrogens with zero attached hydrogens (tertiary/aromatic N) is 1. The summed E-state index contributed by atoms with van der Waals surface area (Å²) in [5.74, 6) is -0.629. The lowest BCUT2D eigenvalue weighted by molar-refractivity contribution is 0.1000. The maximum Gasteiger partial charge on any atom is 0.248 e. The molecule has 1 aliphatic rings. The third-order valence-corrected chi connectivity index (χ3v) is 4.03. The van der Waals surface area contributed by atoms with Gasteiger partial charge < -0.3 is 16.4 Å². The summed E-state index contributed by atoms with van der Waals surface area (Å²) >= 11 is 0. The number of amides is 1. The third-order valence-electron chi connectivity index (χ3n) is 4.03. The SMILES string of the molecule is CN(c1ccc(C(N)=O)cc1F)C1CCCC1CN. The minimum Gasteiger partial charge on any atom is -0.369 e. The fraction of sp³-hybridized carbons (Fsp3) is 0.500. The minimum absolute atomic E-state index is 0.191. The molecule has 1 fully saturated rings. The maximum atomic E-state index is 14.1. The summed E-state index contributed by atoms with van der Waals surface area (Å²) < 4.78 is 14.1. The zero-order valence-corrected chi connectivity index (χ0v) is 11.1. The smallest absolute Gasteiger partial charge is 0.248 e. The van der Waals surface area contributed by atoms with Gasteiger partial charge in [-0.05, 0) is 43.5 Å². The lowest BCUT2D eigenvalue weighted by Gasteiger charge is -2.31. The van der Waals surface area contributed by atoms with Crippen LogP contribution in [0.5, 0.6) is 0 Å². The lowest BCUT2D eigenvalue weighted by atomic mass is 10.0. The van der Waals surface area contributed by atoms with Gasteiger partial charge in [0.25, 0.3) is 0 Å². The second-order valence-electron chi connectivity index (χ2n) is 5.14. The first kappa shape index (κ1) is 13.8. The van der Waals surface area contributed by atoms with E-state index < -0.39 is 11.7 Å². The number of carbonyl (C=O) groups is 1. The van der Waals surface area contributed by atoms with Crippen LogP contribution in [-0.2, 0) is 0 Å². The molecule has 0 heterocycles. The van der Waals surface area contributed by atoms with E-state index in [1.165, 1.54) is 6.07 Å². The van der Waals surface area contributed by atoms with Gasteiger partial charge in [0.15, 0.2) is 0 Å².